The van der Waals surface area contributed by atoms with Crippen molar-refractivity contribution in [1.82, 2.24) is 14.7 Å². The second-order valence-electron chi connectivity index (χ2n) is 10.8. The fourth-order valence-corrected chi connectivity index (χ4v) is 4.78. The summed E-state index contributed by atoms with van der Waals surface area (Å²) in [5.74, 6) is -3.30. The van der Waals surface area contributed by atoms with E-state index < -0.39 is 47.6 Å². The molecular weight excluding hydrogens is 534 g/mol. The first kappa shape index (κ1) is 29.2. The first-order valence-electron chi connectivity index (χ1n) is 13.0. The zero-order valence-corrected chi connectivity index (χ0v) is 23.2. The number of carbonyl (C=O) groups excluding carboxylic acids is 5. The minimum absolute atomic E-state index is 0.00431. The number of hydrogen-bond donors (Lipinski definition) is 1. The van der Waals surface area contributed by atoms with Gasteiger partial charge in [0.25, 0.3) is 11.8 Å². The van der Waals surface area contributed by atoms with Gasteiger partial charge in [-0.25, -0.2) is 14.5 Å². The second-order valence-corrected chi connectivity index (χ2v) is 10.8. The number of benzene rings is 2. The minimum Gasteiger partial charge on any atom is -0.489 e. The van der Waals surface area contributed by atoms with Crippen molar-refractivity contribution in [2.24, 2.45) is 0 Å². The fourth-order valence-electron chi connectivity index (χ4n) is 4.78. The molecule has 12 nitrogen and oxygen atoms in total. The first-order chi connectivity index (χ1) is 19.3. The third-order valence-electron chi connectivity index (χ3n) is 6.78. The van der Waals surface area contributed by atoms with Gasteiger partial charge in [0.1, 0.15) is 30.3 Å². The van der Waals surface area contributed by atoms with E-state index in [-0.39, 0.29) is 26.0 Å². The number of hydrogen-bond acceptors (Lipinski definition) is 8. The molecule has 4 rings (SSSR count). The van der Waals surface area contributed by atoms with Gasteiger partial charge in [0.15, 0.2) is 0 Å². The van der Waals surface area contributed by atoms with Crippen LogP contribution in [0.3, 0.4) is 0 Å². The number of amides is 4. The Kier molecular flexibility index (Phi) is 8.13. The van der Waals surface area contributed by atoms with Gasteiger partial charge < -0.3 is 19.5 Å². The lowest BCUT2D eigenvalue weighted by atomic mass is 10.0. The number of aliphatic carboxylic acids is 1. The van der Waals surface area contributed by atoms with Gasteiger partial charge in [0, 0.05) is 30.2 Å². The molecule has 0 aliphatic carbocycles. The molecule has 0 aromatic heterocycles. The van der Waals surface area contributed by atoms with Crippen molar-refractivity contribution >= 4 is 36.1 Å². The number of carboxylic acids is 1. The zero-order valence-electron chi connectivity index (χ0n) is 23.2. The quantitative estimate of drug-likeness (QED) is 0.376. The number of nitrogens with zero attached hydrogens (tertiary/aromatic N) is 3. The zero-order chi connectivity index (χ0) is 30.1. The maximum absolute atomic E-state index is 13.6. The fraction of sp³-hybridized carbons (Fsp3) is 0.379. The summed E-state index contributed by atoms with van der Waals surface area (Å²) in [5, 5.41) is 9.93. The van der Waals surface area contributed by atoms with Crippen LogP contribution in [0.4, 0.5) is 4.79 Å². The average Bonchev–Trinajstić information content (AvgIpc) is 3.25. The van der Waals surface area contributed by atoms with E-state index in [1.54, 1.807) is 63.2 Å². The van der Waals surface area contributed by atoms with Crippen molar-refractivity contribution in [3.8, 4) is 5.75 Å². The summed E-state index contributed by atoms with van der Waals surface area (Å²) in [5.41, 5.74) is 1.27. The molecule has 1 fully saturated rings. The highest BCUT2D eigenvalue weighted by Gasteiger charge is 2.49. The number of aldehydes is 1. The van der Waals surface area contributed by atoms with Crippen molar-refractivity contribution in [1.29, 1.82) is 0 Å². The van der Waals surface area contributed by atoms with Crippen molar-refractivity contribution in [3.63, 3.8) is 0 Å². The van der Waals surface area contributed by atoms with Crippen LogP contribution in [0, 0.1) is 0 Å². The Morgan fingerprint density at radius 3 is 2.41 bits per heavy atom. The first-order valence-corrected chi connectivity index (χ1v) is 13.0. The Morgan fingerprint density at radius 1 is 1.12 bits per heavy atom. The van der Waals surface area contributed by atoms with E-state index in [2.05, 4.69) is 0 Å². The summed E-state index contributed by atoms with van der Waals surface area (Å²) >= 11 is 0. The summed E-state index contributed by atoms with van der Waals surface area (Å²) < 4.78 is 11.2. The molecule has 1 saturated heterocycles. The molecule has 0 spiro atoms. The van der Waals surface area contributed by atoms with Crippen molar-refractivity contribution < 1.29 is 43.3 Å². The van der Waals surface area contributed by atoms with E-state index in [9.17, 15) is 33.9 Å². The van der Waals surface area contributed by atoms with Crippen molar-refractivity contribution in [2.45, 2.75) is 64.6 Å². The molecule has 2 atom stereocenters. The maximum atomic E-state index is 13.6. The number of rotatable bonds is 8. The van der Waals surface area contributed by atoms with Crippen LogP contribution in [0.15, 0.2) is 42.5 Å². The monoisotopic (exact) mass is 565 g/mol. The molecule has 41 heavy (non-hydrogen) atoms. The lowest BCUT2D eigenvalue weighted by Gasteiger charge is -2.40. The average molecular weight is 566 g/mol. The lowest BCUT2D eigenvalue weighted by molar-refractivity contribution is -0.169. The summed E-state index contributed by atoms with van der Waals surface area (Å²) in [4.78, 5) is 78.2. The van der Waals surface area contributed by atoms with Gasteiger partial charge >= 0.3 is 12.1 Å². The summed E-state index contributed by atoms with van der Waals surface area (Å²) in [6.45, 7) is 4.97. The third-order valence-corrected chi connectivity index (χ3v) is 6.78. The molecule has 2 heterocycles. The van der Waals surface area contributed by atoms with Crippen LogP contribution in [0.2, 0.25) is 0 Å². The second kappa shape index (κ2) is 11.4. The molecule has 2 aliphatic heterocycles. The lowest BCUT2D eigenvalue weighted by Crippen LogP contribution is -2.64. The number of likely N-dealkylation sites (tertiary alicyclic amines) is 1. The smallest absolute Gasteiger partial charge is 0.412 e. The molecule has 0 radical (unpaired) electrons. The van der Waals surface area contributed by atoms with Crippen LogP contribution < -0.4 is 4.74 Å². The summed E-state index contributed by atoms with van der Waals surface area (Å²) in [7, 11) is 1.13. The molecule has 216 valence electrons. The van der Waals surface area contributed by atoms with Gasteiger partial charge in [-0.15, -0.1) is 0 Å². The minimum atomic E-state index is -1.96. The van der Waals surface area contributed by atoms with Crippen LogP contribution in [-0.4, -0.2) is 80.7 Å². The molecule has 1 N–H and O–H groups in total. The third kappa shape index (κ3) is 6.06. The Bertz CT molecular complexity index is 1400. The topological polar surface area (TPSA) is 151 Å². The summed E-state index contributed by atoms with van der Waals surface area (Å²) in [6, 6.07) is 10.7. The molecule has 2 unspecified atom stereocenters. The number of likely N-dealkylation sites (N-methyl/N-ethyl adjacent to an activating group) is 1. The molecule has 2 aromatic carbocycles. The van der Waals surface area contributed by atoms with Crippen LogP contribution in [0.1, 0.15) is 65.5 Å². The highest BCUT2D eigenvalue weighted by Crippen LogP contribution is 2.35. The Hall–Kier alpha value is -4.74. The van der Waals surface area contributed by atoms with E-state index in [0.717, 1.165) is 18.9 Å². The molecule has 12 heteroatoms. The Morgan fingerprint density at radius 2 is 1.80 bits per heavy atom. The van der Waals surface area contributed by atoms with E-state index in [0.29, 0.717) is 32.2 Å². The molecular formula is C29H31N3O9. The SMILES string of the molecule is CN(C(=O)OC(C)(C)C)C(C(=O)O)N1C(=O)CCC(N2Cc3c(OCc4ccc(C=O)cc4)cccc3C2=O)C1=O. The van der Waals surface area contributed by atoms with Gasteiger partial charge in [0.05, 0.1) is 6.54 Å². The van der Waals surface area contributed by atoms with E-state index in [1.807, 2.05) is 0 Å². The predicted molar refractivity (Wildman–Crippen MR) is 143 cm³/mol. The van der Waals surface area contributed by atoms with Gasteiger partial charge in [-0.3, -0.25) is 24.1 Å². The number of ether oxygens (including phenoxy) is 2. The van der Waals surface area contributed by atoms with Crippen LogP contribution in [0.25, 0.3) is 0 Å². The van der Waals surface area contributed by atoms with Gasteiger partial charge in [-0.2, -0.15) is 0 Å². The van der Waals surface area contributed by atoms with Crippen LogP contribution in [0.5, 0.6) is 5.75 Å². The van der Waals surface area contributed by atoms with E-state index >= 15 is 0 Å². The summed E-state index contributed by atoms with van der Waals surface area (Å²) in [6.07, 6.45) is -2.46. The molecule has 4 amide bonds. The molecule has 0 saturated carbocycles. The van der Waals surface area contributed by atoms with Crippen LogP contribution >= 0.6 is 0 Å². The number of imide groups is 1. The molecule has 0 bridgehead atoms. The van der Waals surface area contributed by atoms with Crippen molar-refractivity contribution in [2.75, 3.05) is 7.05 Å². The molecule has 2 aromatic rings. The highest BCUT2D eigenvalue weighted by atomic mass is 16.6. The van der Waals surface area contributed by atoms with E-state index in [4.69, 9.17) is 9.47 Å². The Balaban J connectivity index is 1.55. The van der Waals surface area contributed by atoms with Gasteiger partial charge in [0.2, 0.25) is 12.1 Å². The normalized spacial score (nSPS) is 17.7. The van der Waals surface area contributed by atoms with Gasteiger partial charge in [-0.1, -0.05) is 30.3 Å². The number of carboxylic acid groups (broad SMARTS) is 1. The predicted octanol–water partition coefficient (Wildman–Crippen LogP) is 2.83. The largest absolute Gasteiger partial charge is 0.489 e. The maximum Gasteiger partial charge on any atom is 0.412 e. The molecule has 2 aliphatic rings. The van der Waals surface area contributed by atoms with Crippen molar-refractivity contribution in [3.05, 3.63) is 64.7 Å². The number of piperidine rings is 1. The highest BCUT2D eigenvalue weighted by molar-refractivity contribution is 6.07. The Labute approximate surface area is 236 Å². The van der Waals surface area contributed by atoms with Crippen LogP contribution in [-0.2, 0) is 32.3 Å². The number of fused-ring (bicyclic) bond motifs is 1. The van der Waals surface area contributed by atoms with E-state index in [1.165, 1.54) is 4.90 Å². The standard InChI is InChI=1S/C29H31N3O9/c1-29(2,3)41-28(39)30(4)24(27(37)38)32-23(34)13-12-21(26(32)36)31-14-20-19(25(31)35)6-5-7-22(20)40-16-18-10-8-17(15-33)9-11-18/h5-11,15,21,24H,12-14,16H2,1-4H3,(H,37,38). The number of carbonyl (C=O) groups is 6. The van der Waals surface area contributed by atoms with Gasteiger partial charge in [-0.05, 0) is 44.9 Å².